The van der Waals surface area contributed by atoms with E-state index < -0.39 is 46.0 Å². The molecule has 0 saturated heterocycles. The van der Waals surface area contributed by atoms with Gasteiger partial charge in [0.1, 0.15) is 12.1 Å². The largest absolute Gasteiger partial charge is 0.407 e. The fraction of sp³-hybridized carbons (Fsp3) is 0.333. The number of amides is 2. The molecule has 11 heteroatoms. The maximum atomic E-state index is 14.3. The molecule has 4 N–H and O–H groups in total. The maximum Gasteiger partial charge on any atom is 0.407 e. The molecule has 3 aromatic rings. The van der Waals surface area contributed by atoms with Crippen LogP contribution in [0.5, 0.6) is 0 Å². The highest BCUT2D eigenvalue weighted by atomic mass is 32.2. The van der Waals surface area contributed by atoms with Crippen molar-refractivity contribution in [2.45, 2.75) is 55.9 Å². The van der Waals surface area contributed by atoms with E-state index in [2.05, 4.69) is 10.6 Å². The quantitative estimate of drug-likeness (QED) is 0.286. The van der Waals surface area contributed by atoms with Crippen LogP contribution in [0.3, 0.4) is 0 Å². The molecule has 0 aliphatic carbocycles. The summed E-state index contributed by atoms with van der Waals surface area (Å²) in [6, 6.07) is 16.0. The van der Waals surface area contributed by atoms with Crippen LogP contribution in [-0.4, -0.2) is 44.7 Å². The second-order valence-corrected chi connectivity index (χ2v) is 12.4. The normalized spacial score (nSPS) is 14.3. The smallest absolute Gasteiger partial charge is 0.368 e. The molecule has 0 bridgehead atoms. The molecular weight excluding hydrogens is 555 g/mol. The summed E-state index contributed by atoms with van der Waals surface area (Å²) in [4.78, 5) is 25.4. The summed E-state index contributed by atoms with van der Waals surface area (Å²) >= 11 is 0. The van der Waals surface area contributed by atoms with Gasteiger partial charge in [-0.15, -0.1) is 0 Å². The fourth-order valence-electron chi connectivity index (χ4n) is 4.41. The lowest BCUT2D eigenvalue weighted by Crippen LogP contribution is -2.54. The summed E-state index contributed by atoms with van der Waals surface area (Å²) in [5, 5.41) is 5.02. The predicted molar refractivity (Wildman–Crippen MR) is 151 cm³/mol. The van der Waals surface area contributed by atoms with Crippen LogP contribution >= 0.6 is 0 Å². The van der Waals surface area contributed by atoms with E-state index in [-0.39, 0.29) is 29.2 Å². The Hall–Kier alpha value is -3.70. The van der Waals surface area contributed by atoms with Gasteiger partial charge in [0.05, 0.1) is 10.9 Å². The molecule has 0 spiro atoms. The van der Waals surface area contributed by atoms with Crippen LogP contribution in [-0.2, 0) is 25.8 Å². The van der Waals surface area contributed by atoms with Gasteiger partial charge in [0, 0.05) is 12.7 Å². The van der Waals surface area contributed by atoms with Crippen LogP contribution in [0.25, 0.3) is 11.1 Å². The van der Waals surface area contributed by atoms with Crippen LogP contribution in [0.4, 0.5) is 13.2 Å². The first-order valence-corrected chi connectivity index (χ1v) is 14.9. The molecule has 3 rings (SSSR count). The third-order valence-corrected chi connectivity index (χ3v) is 7.65. The Morgan fingerprint density at radius 3 is 1.85 bits per heavy atom. The van der Waals surface area contributed by atoms with Crippen LogP contribution in [0.1, 0.15) is 37.4 Å². The van der Waals surface area contributed by atoms with E-state index in [1.54, 1.807) is 56.3 Å². The van der Waals surface area contributed by atoms with Crippen LogP contribution in [0, 0.1) is 5.92 Å². The number of nitrogens with two attached hydrogens (primary N) is 1. The van der Waals surface area contributed by atoms with Crippen molar-refractivity contribution in [2.24, 2.45) is 11.7 Å². The average Bonchev–Trinajstić information content (AvgIpc) is 2.90. The third kappa shape index (κ3) is 9.15. The van der Waals surface area contributed by atoms with Crippen molar-refractivity contribution in [3.05, 3.63) is 90.0 Å². The van der Waals surface area contributed by atoms with Gasteiger partial charge in [-0.25, -0.2) is 8.42 Å². The van der Waals surface area contributed by atoms with Crippen molar-refractivity contribution in [1.29, 1.82) is 0 Å². The van der Waals surface area contributed by atoms with E-state index in [4.69, 9.17) is 5.73 Å². The van der Waals surface area contributed by atoms with Gasteiger partial charge in [0.15, 0.2) is 9.84 Å². The molecule has 0 heterocycles. The highest BCUT2D eigenvalue weighted by Crippen LogP contribution is 2.35. The predicted octanol–water partition coefficient (Wildman–Crippen LogP) is 4.58. The number of benzene rings is 3. The van der Waals surface area contributed by atoms with E-state index in [1.165, 1.54) is 36.4 Å². The van der Waals surface area contributed by atoms with Gasteiger partial charge in [-0.2, -0.15) is 13.2 Å². The Morgan fingerprint density at radius 2 is 1.39 bits per heavy atom. The van der Waals surface area contributed by atoms with Crippen molar-refractivity contribution in [1.82, 2.24) is 10.6 Å². The topological polar surface area (TPSA) is 118 Å². The Kier molecular flexibility index (Phi) is 10.3. The van der Waals surface area contributed by atoms with E-state index in [9.17, 15) is 31.2 Å². The standard InChI is InChI=1S/C30H34F3N3O4S/c1-19(2)17-26(29(38)36-25(28(34)37)18-20-7-5-4-6-8-20)35-27(30(31,32)33)23-11-9-21(10-12-23)22-13-15-24(16-14-22)41(3,39)40/h4-16,19,25-27,35H,17-18H2,1-3H3,(H2,34,37)(H,36,38)/t25-,26-,27-/m0/s1. The number of sulfone groups is 1. The first-order chi connectivity index (χ1) is 19.1. The molecule has 0 radical (unpaired) electrons. The van der Waals surface area contributed by atoms with Crippen molar-refractivity contribution < 1.29 is 31.2 Å². The second-order valence-electron chi connectivity index (χ2n) is 10.4. The van der Waals surface area contributed by atoms with Crippen LogP contribution in [0.2, 0.25) is 0 Å². The molecule has 3 aromatic carbocycles. The number of hydrogen-bond acceptors (Lipinski definition) is 5. The number of carbonyl (C=O) groups excluding carboxylic acids is 2. The van der Waals surface area contributed by atoms with Crippen molar-refractivity contribution in [2.75, 3.05) is 6.26 Å². The molecule has 3 atom stereocenters. The SMILES string of the molecule is CC(C)C[C@H](N[C@@H](c1ccc(-c2ccc(S(C)(=O)=O)cc2)cc1)C(F)(F)F)C(=O)N[C@@H](Cc1ccccc1)C(N)=O. The summed E-state index contributed by atoms with van der Waals surface area (Å²) in [6.07, 6.45) is -3.46. The van der Waals surface area contributed by atoms with Gasteiger partial charge < -0.3 is 11.1 Å². The molecule has 0 saturated carbocycles. The van der Waals surface area contributed by atoms with Gasteiger partial charge in [-0.3, -0.25) is 14.9 Å². The number of hydrogen-bond donors (Lipinski definition) is 3. The van der Waals surface area contributed by atoms with Gasteiger partial charge in [0.25, 0.3) is 0 Å². The van der Waals surface area contributed by atoms with Gasteiger partial charge in [-0.05, 0) is 46.7 Å². The zero-order chi connectivity index (χ0) is 30.4. The molecule has 0 aliphatic rings. The molecule has 0 aliphatic heterocycles. The molecule has 220 valence electrons. The Balaban J connectivity index is 1.83. The zero-order valence-electron chi connectivity index (χ0n) is 23.0. The minimum absolute atomic E-state index is 0.0833. The number of carbonyl (C=O) groups is 2. The molecule has 7 nitrogen and oxygen atoms in total. The third-order valence-electron chi connectivity index (χ3n) is 6.52. The van der Waals surface area contributed by atoms with E-state index in [1.807, 2.05) is 0 Å². The maximum absolute atomic E-state index is 14.3. The number of nitrogens with one attached hydrogen (secondary N) is 2. The first-order valence-electron chi connectivity index (χ1n) is 13.0. The van der Waals surface area contributed by atoms with Crippen molar-refractivity contribution in [3.8, 4) is 11.1 Å². The molecule has 2 amide bonds. The minimum Gasteiger partial charge on any atom is -0.368 e. The first kappa shape index (κ1) is 31.8. The van der Waals surface area contributed by atoms with Gasteiger partial charge in [0.2, 0.25) is 11.8 Å². The second kappa shape index (κ2) is 13.3. The fourth-order valence-corrected chi connectivity index (χ4v) is 5.04. The number of rotatable bonds is 12. The summed E-state index contributed by atoms with van der Waals surface area (Å²) < 4.78 is 66.3. The molecular formula is C30H34F3N3O4S. The summed E-state index contributed by atoms with van der Waals surface area (Å²) in [5.74, 6) is -1.68. The minimum atomic E-state index is -4.73. The van der Waals surface area contributed by atoms with Crippen LogP contribution in [0.15, 0.2) is 83.8 Å². The van der Waals surface area contributed by atoms with Crippen LogP contribution < -0.4 is 16.4 Å². The van der Waals surface area contributed by atoms with Gasteiger partial charge >= 0.3 is 6.18 Å². The molecule has 0 fully saturated rings. The van der Waals surface area contributed by atoms with E-state index >= 15 is 0 Å². The number of halogens is 3. The Morgan fingerprint density at radius 1 is 0.854 bits per heavy atom. The average molecular weight is 590 g/mol. The van der Waals surface area contributed by atoms with E-state index in [0.717, 1.165) is 11.8 Å². The van der Waals surface area contributed by atoms with Gasteiger partial charge in [-0.1, -0.05) is 80.6 Å². The summed E-state index contributed by atoms with van der Waals surface area (Å²) in [5.41, 5.74) is 7.36. The lowest BCUT2D eigenvalue weighted by molar-refractivity contribution is -0.161. The molecule has 0 unspecified atom stereocenters. The summed E-state index contributed by atoms with van der Waals surface area (Å²) in [6.45, 7) is 3.56. The van der Waals surface area contributed by atoms with Crippen molar-refractivity contribution >= 4 is 21.7 Å². The number of alkyl halides is 3. The lowest BCUT2D eigenvalue weighted by Gasteiger charge is -2.29. The highest BCUT2D eigenvalue weighted by molar-refractivity contribution is 7.90. The monoisotopic (exact) mass is 589 g/mol. The van der Waals surface area contributed by atoms with Crippen molar-refractivity contribution in [3.63, 3.8) is 0 Å². The van der Waals surface area contributed by atoms with E-state index in [0.29, 0.717) is 11.1 Å². The molecule has 0 aromatic heterocycles. The highest BCUT2D eigenvalue weighted by Gasteiger charge is 2.43. The number of primary amides is 1. The summed E-state index contributed by atoms with van der Waals surface area (Å²) in [7, 11) is -3.38. The Labute approximate surface area is 238 Å². The lowest BCUT2D eigenvalue weighted by atomic mass is 9.97. The molecule has 41 heavy (non-hydrogen) atoms. The zero-order valence-corrected chi connectivity index (χ0v) is 23.8. The Bertz CT molecular complexity index is 1430.